The Morgan fingerprint density at radius 1 is 1.43 bits per heavy atom. The Balaban J connectivity index is 2.05. The third-order valence-electron chi connectivity index (χ3n) is 4.41. The number of amides is 1. The molecule has 1 atom stereocenters. The number of hydrogen-bond donors (Lipinski definition) is 1. The molecule has 1 amide bonds. The van der Waals surface area contributed by atoms with E-state index in [4.69, 9.17) is 0 Å². The number of rotatable bonds is 4. The first-order chi connectivity index (χ1) is 10.6. The number of carbonyl (C=O) groups excluding carboxylic acids is 1. The molecule has 6 nitrogen and oxygen atoms in total. The van der Waals surface area contributed by atoms with Crippen molar-refractivity contribution in [3.8, 4) is 0 Å². The normalized spacial score (nSPS) is 21.9. The van der Waals surface area contributed by atoms with Crippen molar-refractivity contribution in [1.29, 1.82) is 0 Å². The van der Waals surface area contributed by atoms with Crippen molar-refractivity contribution in [1.82, 2.24) is 14.7 Å². The van der Waals surface area contributed by atoms with Crippen molar-refractivity contribution in [3.63, 3.8) is 0 Å². The summed E-state index contributed by atoms with van der Waals surface area (Å²) in [6.07, 6.45) is -3.14. The van der Waals surface area contributed by atoms with Gasteiger partial charge in [0.2, 0.25) is 5.91 Å². The smallest absolute Gasteiger partial charge is 0.435 e. The first kappa shape index (κ1) is 17.3. The number of carbonyl (C=O) groups is 2. The lowest BCUT2D eigenvalue weighted by molar-refractivity contribution is -0.151. The molecule has 1 unspecified atom stereocenters. The first-order valence-corrected chi connectivity index (χ1v) is 7.18. The molecule has 1 aliphatic rings. The van der Waals surface area contributed by atoms with Crippen molar-refractivity contribution in [2.75, 3.05) is 13.1 Å². The molecule has 128 valence electrons. The highest BCUT2D eigenvalue weighted by Crippen LogP contribution is 2.38. The number of aromatic nitrogens is 2. The second-order valence-electron chi connectivity index (χ2n) is 6.08. The molecule has 0 bridgehead atoms. The highest BCUT2D eigenvalue weighted by Gasteiger charge is 2.48. The van der Waals surface area contributed by atoms with Crippen molar-refractivity contribution in [2.45, 2.75) is 33.0 Å². The molecule has 1 aromatic heterocycles. The maximum absolute atomic E-state index is 12.5. The first-order valence-electron chi connectivity index (χ1n) is 7.18. The highest BCUT2D eigenvalue weighted by atomic mass is 19.4. The zero-order chi connectivity index (χ0) is 17.4. The summed E-state index contributed by atoms with van der Waals surface area (Å²) in [4.78, 5) is 25.1. The van der Waals surface area contributed by atoms with Crippen molar-refractivity contribution in [2.24, 2.45) is 11.3 Å². The van der Waals surface area contributed by atoms with Crippen LogP contribution in [0, 0.1) is 11.3 Å². The second-order valence-corrected chi connectivity index (χ2v) is 6.08. The third kappa shape index (κ3) is 3.32. The summed E-state index contributed by atoms with van der Waals surface area (Å²) < 4.78 is 38.4. The predicted octanol–water partition coefficient (Wildman–Crippen LogP) is 1.86. The Hall–Kier alpha value is -2.06. The van der Waals surface area contributed by atoms with Crippen LogP contribution < -0.4 is 0 Å². The number of halogens is 3. The number of carboxylic acids is 1. The van der Waals surface area contributed by atoms with E-state index in [1.807, 2.05) is 0 Å². The molecule has 2 rings (SSSR count). The summed E-state index contributed by atoms with van der Waals surface area (Å²) in [6, 6.07) is 0.799. The number of alkyl halides is 3. The van der Waals surface area contributed by atoms with Gasteiger partial charge in [0, 0.05) is 19.3 Å². The van der Waals surface area contributed by atoms with E-state index in [9.17, 15) is 27.9 Å². The quantitative estimate of drug-likeness (QED) is 0.913. The van der Waals surface area contributed by atoms with E-state index < -0.39 is 29.2 Å². The van der Waals surface area contributed by atoms with Gasteiger partial charge in [-0.15, -0.1) is 0 Å². The predicted molar refractivity (Wildman–Crippen MR) is 73.3 cm³/mol. The Labute approximate surface area is 130 Å². The van der Waals surface area contributed by atoms with Gasteiger partial charge in [-0.2, -0.15) is 18.3 Å². The van der Waals surface area contributed by atoms with Gasteiger partial charge < -0.3 is 10.0 Å². The Morgan fingerprint density at radius 2 is 2.09 bits per heavy atom. The van der Waals surface area contributed by atoms with Crippen LogP contribution >= 0.6 is 0 Å². The van der Waals surface area contributed by atoms with Crippen LogP contribution in [0.2, 0.25) is 0 Å². The molecule has 9 heteroatoms. The number of hydrogen-bond acceptors (Lipinski definition) is 3. The number of aliphatic carboxylic acids is 1. The van der Waals surface area contributed by atoms with Crippen LogP contribution in [0.1, 0.15) is 26.0 Å². The van der Waals surface area contributed by atoms with Crippen LogP contribution in [0.3, 0.4) is 0 Å². The fourth-order valence-electron chi connectivity index (χ4n) is 2.78. The Morgan fingerprint density at radius 3 is 2.52 bits per heavy atom. The van der Waals surface area contributed by atoms with Crippen LogP contribution in [-0.2, 0) is 22.3 Å². The topological polar surface area (TPSA) is 75.4 Å². The maximum Gasteiger partial charge on any atom is 0.435 e. The zero-order valence-electron chi connectivity index (χ0n) is 12.8. The molecular weight excluding hydrogens is 315 g/mol. The molecule has 0 aliphatic carbocycles. The van der Waals surface area contributed by atoms with Crippen molar-refractivity contribution < 1.29 is 27.9 Å². The van der Waals surface area contributed by atoms with Gasteiger partial charge in [-0.05, 0) is 18.4 Å². The van der Waals surface area contributed by atoms with Crippen LogP contribution in [0.15, 0.2) is 12.3 Å². The fraction of sp³-hybridized carbons (Fsp3) is 0.643. The van der Waals surface area contributed by atoms with Crippen LogP contribution in [0.4, 0.5) is 13.2 Å². The van der Waals surface area contributed by atoms with Gasteiger partial charge in [0.05, 0.1) is 5.41 Å². The van der Waals surface area contributed by atoms with Gasteiger partial charge in [0.15, 0.2) is 5.69 Å². The molecule has 23 heavy (non-hydrogen) atoms. The summed E-state index contributed by atoms with van der Waals surface area (Å²) in [5, 5.41) is 12.8. The number of likely N-dealkylation sites (tertiary alicyclic amines) is 1. The van der Waals surface area contributed by atoms with Gasteiger partial charge in [-0.1, -0.05) is 13.8 Å². The summed E-state index contributed by atoms with van der Waals surface area (Å²) in [5.74, 6) is -1.55. The second kappa shape index (κ2) is 5.86. The fourth-order valence-corrected chi connectivity index (χ4v) is 2.78. The minimum atomic E-state index is -4.56. The molecule has 0 radical (unpaired) electrons. The molecule has 0 aromatic carbocycles. The van der Waals surface area contributed by atoms with Gasteiger partial charge in [-0.3, -0.25) is 14.3 Å². The average molecular weight is 333 g/mol. The SMILES string of the molecule is CC(C)C1(C(=O)O)CCN(C(=O)Cn2ccc(C(F)(F)F)n2)C1. The maximum atomic E-state index is 12.5. The van der Waals surface area contributed by atoms with Crippen molar-refractivity contribution >= 4 is 11.9 Å². The lowest BCUT2D eigenvalue weighted by Crippen LogP contribution is -2.41. The molecule has 1 aliphatic heterocycles. The Kier molecular flexibility index (Phi) is 4.41. The molecule has 1 saturated heterocycles. The van der Waals surface area contributed by atoms with E-state index in [1.54, 1.807) is 13.8 Å². The van der Waals surface area contributed by atoms with Gasteiger partial charge in [0.1, 0.15) is 6.54 Å². The Bertz CT molecular complexity index is 612. The molecule has 1 N–H and O–H groups in total. The van der Waals surface area contributed by atoms with E-state index in [2.05, 4.69) is 5.10 Å². The molecule has 0 saturated carbocycles. The average Bonchev–Trinajstić information content (AvgIpc) is 3.04. The monoisotopic (exact) mass is 333 g/mol. The van der Waals surface area contributed by atoms with E-state index in [0.717, 1.165) is 16.9 Å². The zero-order valence-corrected chi connectivity index (χ0v) is 12.8. The van der Waals surface area contributed by atoms with Gasteiger partial charge in [-0.25, -0.2) is 0 Å². The number of nitrogens with zero attached hydrogens (tertiary/aromatic N) is 3. The van der Waals surface area contributed by atoms with Crippen LogP contribution in [0.5, 0.6) is 0 Å². The van der Waals surface area contributed by atoms with Gasteiger partial charge in [0.25, 0.3) is 0 Å². The van der Waals surface area contributed by atoms with Crippen LogP contribution in [0.25, 0.3) is 0 Å². The van der Waals surface area contributed by atoms with Gasteiger partial charge >= 0.3 is 12.1 Å². The third-order valence-corrected chi connectivity index (χ3v) is 4.41. The molecule has 0 spiro atoms. The summed E-state index contributed by atoms with van der Waals surface area (Å²) in [7, 11) is 0. The summed E-state index contributed by atoms with van der Waals surface area (Å²) in [5.41, 5.74) is -2.06. The summed E-state index contributed by atoms with van der Waals surface area (Å²) >= 11 is 0. The molecular formula is C14H18F3N3O3. The molecule has 1 fully saturated rings. The number of carboxylic acid groups (broad SMARTS) is 1. The van der Waals surface area contributed by atoms with Crippen molar-refractivity contribution in [3.05, 3.63) is 18.0 Å². The minimum absolute atomic E-state index is 0.0617. The molecule has 1 aromatic rings. The molecule has 2 heterocycles. The largest absolute Gasteiger partial charge is 0.481 e. The van der Waals surface area contributed by atoms with E-state index in [0.29, 0.717) is 6.42 Å². The highest BCUT2D eigenvalue weighted by molar-refractivity contribution is 5.80. The lowest BCUT2D eigenvalue weighted by atomic mass is 9.76. The lowest BCUT2D eigenvalue weighted by Gasteiger charge is -2.28. The standard InChI is InChI=1S/C14H18F3N3O3/c1-9(2)13(12(22)23)4-6-19(8-13)11(21)7-20-5-3-10(18-20)14(15,16)17/h3,5,9H,4,6-8H2,1-2H3,(H,22,23). The van der Waals surface area contributed by atoms with E-state index in [-0.39, 0.29) is 25.6 Å². The van der Waals surface area contributed by atoms with Crippen LogP contribution in [-0.4, -0.2) is 44.8 Å². The van der Waals surface area contributed by atoms with E-state index >= 15 is 0 Å². The minimum Gasteiger partial charge on any atom is -0.481 e. The van der Waals surface area contributed by atoms with E-state index in [1.165, 1.54) is 4.90 Å². The summed E-state index contributed by atoms with van der Waals surface area (Å²) in [6.45, 7) is 3.56.